The van der Waals surface area contributed by atoms with Crippen LogP contribution in [0.25, 0.3) is 22.4 Å². The number of rotatable bonds is 8. The van der Waals surface area contributed by atoms with Crippen molar-refractivity contribution in [2.45, 2.75) is 98.1 Å². The lowest BCUT2D eigenvalue weighted by Crippen LogP contribution is -2.56. The molecule has 2 atom stereocenters. The first-order valence-corrected chi connectivity index (χ1v) is 20.7. The van der Waals surface area contributed by atoms with Crippen molar-refractivity contribution in [1.82, 2.24) is 34.9 Å². The minimum Gasteiger partial charge on any atom is -0.453 e. The number of carbonyl (C=O) groups excluding carboxylic acids is 4. The Morgan fingerprint density at radius 1 is 0.867 bits per heavy atom. The quantitative estimate of drug-likeness (QED) is 0.209. The van der Waals surface area contributed by atoms with Gasteiger partial charge in [0.2, 0.25) is 11.8 Å². The second-order valence-corrected chi connectivity index (χ2v) is 16.5. The van der Waals surface area contributed by atoms with Crippen molar-refractivity contribution < 1.29 is 41.8 Å². The third-order valence-electron chi connectivity index (χ3n) is 10.9. The number of benzene rings is 2. The highest BCUT2D eigenvalue weighted by atomic mass is 19.4. The number of alkyl carbamates (subject to hydrolysis) is 1. The van der Waals surface area contributed by atoms with Crippen LogP contribution >= 0.6 is 0 Å². The molecular weight excluding hydrogens is 782 g/mol. The molecule has 3 saturated heterocycles. The zero-order valence-electron chi connectivity index (χ0n) is 35.7. The molecule has 3 aromatic rings. The largest absolute Gasteiger partial charge is 0.573 e. The Balaban J connectivity index is 0.00000221. The number of hydrogen-bond donors (Lipinski definition) is 3. The number of H-pyrrole nitrogens is 1. The molecule has 6 rings (SSSR count). The summed E-state index contributed by atoms with van der Waals surface area (Å²) in [5, 5.41) is 5.17. The summed E-state index contributed by atoms with van der Waals surface area (Å²) < 4.78 is 49.9. The number of nitrogens with one attached hydrogen (secondary N) is 3. The van der Waals surface area contributed by atoms with Gasteiger partial charge in [-0.1, -0.05) is 65.3 Å². The van der Waals surface area contributed by atoms with Gasteiger partial charge in [0.05, 0.1) is 25.0 Å². The molecule has 0 saturated carbocycles. The van der Waals surface area contributed by atoms with Gasteiger partial charge in [0.15, 0.2) is 0 Å². The van der Waals surface area contributed by atoms with E-state index in [0.717, 1.165) is 24.8 Å². The third-order valence-corrected chi connectivity index (χ3v) is 10.9. The molecule has 2 aromatic carbocycles. The number of urea groups is 1. The van der Waals surface area contributed by atoms with Crippen molar-refractivity contribution in [2.75, 3.05) is 58.2 Å². The van der Waals surface area contributed by atoms with Crippen molar-refractivity contribution in [1.29, 1.82) is 0 Å². The number of anilines is 1. The Morgan fingerprint density at radius 2 is 1.50 bits per heavy atom. The molecule has 14 nitrogen and oxygen atoms in total. The number of hydrogen-bond acceptors (Lipinski definition) is 8. The van der Waals surface area contributed by atoms with Crippen LogP contribution in [0, 0.1) is 5.41 Å². The molecule has 3 N–H and O–H groups in total. The summed E-state index contributed by atoms with van der Waals surface area (Å²) in [6, 6.07) is 10.6. The van der Waals surface area contributed by atoms with Crippen LogP contribution in [0.1, 0.15) is 85.5 Å². The number of nitrogens with zero attached hydrogens (tertiary/aromatic N) is 5. The lowest BCUT2D eigenvalue weighted by molar-refractivity contribution is -0.274. The van der Waals surface area contributed by atoms with Crippen molar-refractivity contribution in [3.8, 4) is 28.1 Å². The number of piperazine rings is 1. The van der Waals surface area contributed by atoms with Crippen LogP contribution in [0.15, 0.2) is 48.7 Å². The highest BCUT2D eigenvalue weighted by Crippen LogP contribution is 2.38. The molecule has 4 heterocycles. The van der Waals surface area contributed by atoms with Gasteiger partial charge in [-0.15, -0.1) is 13.2 Å². The molecule has 0 radical (unpaired) electrons. The van der Waals surface area contributed by atoms with Crippen molar-refractivity contribution in [2.24, 2.45) is 5.41 Å². The van der Waals surface area contributed by atoms with E-state index < -0.39 is 29.7 Å². The molecule has 1 aromatic heterocycles. The molecule has 0 bridgehead atoms. The minimum atomic E-state index is -4.97. The number of piperidine rings is 1. The topological polar surface area (TPSA) is 152 Å². The van der Waals surface area contributed by atoms with E-state index in [0.29, 0.717) is 68.8 Å². The summed E-state index contributed by atoms with van der Waals surface area (Å²) in [5.41, 5.74) is 1.76. The summed E-state index contributed by atoms with van der Waals surface area (Å²) in [7, 11) is 1.22. The fraction of sp³-hybridized carbons (Fsp3) is 0.558. The Hall–Kier alpha value is -5.32. The fourth-order valence-electron chi connectivity index (χ4n) is 7.91. The predicted octanol–water partition coefficient (Wildman–Crippen LogP) is 7.65. The average Bonchev–Trinajstić information content (AvgIpc) is 3.86. The third kappa shape index (κ3) is 11.7. The van der Waals surface area contributed by atoms with E-state index in [2.05, 4.69) is 48.8 Å². The summed E-state index contributed by atoms with van der Waals surface area (Å²) in [5.74, 6) is 0.0125. The molecule has 2 unspecified atom stereocenters. The van der Waals surface area contributed by atoms with Gasteiger partial charge in [0, 0.05) is 74.1 Å². The molecule has 0 aliphatic carbocycles. The summed E-state index contributed by atoms with van der Waals surface area (Å²) in [6.45, 7) is 15.4. The molecule has 3 fully saturated rings. The van der Waals surface area contributed by atoms with Crippen LogP contribution in [0.4, 0.5) is 28.4 Å². The second-order valence-electron chi connectivity index (χ2n) is 16.5. The first kappa shape index (κ1) is 45.8. The zero-order chi connectivity index (χ0) is 43.8. The number of alkyl halides is 3. The van der Waals surface area contributed by atoms with Crippen LogP contribution in [-0.2, 0) is 14.3 Å². The van der Waals surface area contributed by atoms with Crippen LogP contribution in [0.5, 0.6) is 5.75 Å². The number of halogens is 3. The molecule has 17 heteroatoms. The predicted molar refractivity (Wildman–Crippen MR) is 222 cm³/mol. The van der Waals surface area contributed by atoms with E-state index >= 15 is 0 Å². The number of likely N-dealkylation sites (tertiary alicyclic amines) is 2. The maximum absolute atomic E-state index is 13.6. The number of imidazole rings is 1. The number of amides is 5. The SMILES string of the molecule is CCC.COC(=O)NCC(=O)N1C(C)CCC1c1ncc(-c2ccc(-c3ccc(NC(=O)N4CCN(C5CCN(C(=O)C(C)(C)C)CC5)CC4)cc3OC(F)(F)F)cc2)[nH]1. The van der Waals surface area contributed by atoms with E-state index in [1.165, 1.54) is 25.7 Å². The average molecular weight is 841 g/mol. The molecule has 3 aliphatic rings. The first-order valence-electron chi connectivity index (χ1n) is 20.7. The Bertz CT molecular complexity index is 1930. The lowest BCUT2D eigenvalue weighted by Gasteiger charge is -2.43. The fourth-order valence-corrected chi connectivity index (χ4v) is 7.91. The van der Waals surface area contributed by atoms with Crippen LogP contribution in [-0.4, -0.2) is 125 Å². The molecule has 328 valence electrons. The van der Waals surface area contributed by atoms with Crippen molar-refractivity contribution in [3.05, 3.63) is 54.5 Å². The number of ether oxygens (including phenoxy) is 2. The summed E-state index contributed by atoms with van der Waals surface area (Å²) >= 11 is 0. The van der Waals surface area contributed by atoms with Crippen molar-refractivity contribution in [3.63, 3.8) is 0 Å². The van der Waals surface area contributed by atoms with Crippen molar-refractivity contribution >= 4 is 29.6 Å². The van der Waals surface area contributed by atoms with E-state index in [4.69, 9.17) is 0 Å². The van der Waals surface area contributed by atoms with Crippen LogP contribution in [0.2, 0.25) is 0 Å². The second kappa shape index (κ2) is 19.8. The van der Waals surface area contributed by atoms with Gasteiger partial charge in [-0.3, -0.25) is 14.5 Å². The highest BCUT2D eigenvalue weighted by Gasteiger charge is 2.38. The van der Waals surface area contributed by atoms with Gasteiger partial charge in [-0.25, -0.2) is 14.6 Å². The molecule has 0 spiro atoms. The Morgan fingerprint density at radius 3 is 2.10 bits per heavy atom. The monoisotopic (exact) mass is 840 g/mol. The van der Waals surface area contributed by atoms with Gasteiger partial charge in [-0.2, -0.15) is 0 Å². The lowest BCUT2D eigenvalue weighted by atomic mass is 9.92. The zero-order valence-corrected chi connectivity index (χ0v) is 35.7. The highest BCUT2D eigenvalue weighted by molar-refractivity contribution is 5.90. The smallest absolute Gasteiger partial charge is 0.453 e. The van der Waals surface area contributed by atoms with Gasteiger partial charge in [0.1, 0.15) is 18.1 Å². The summed E-state index contributed by atoms with van der Waals surface area (Å²) in [4.78, 5) is 65.9. The molecular formula is C43H59F3N8O6. The Labute approximate surface area is 350 Å². The summed E-state index contributed by atoms with van der Waals surface area (Å²) in [6.07, 6.45) is 0.390. The van der Waals surface area contributed by atoms with Gasteiger partial charge < -0.3 is 39.8 Å². The van der Waals surface area contributed by atoms with Crippen LogP contribution in [0.3, 0.4) is 0 Å². The van der Waals surface area contributed by atoms with E-state index in [9.17, 15) is 32.3 Å². The molecule has 5 amide bonds. The van der Waals surface area contributed by atoms with Gasteiger partial charge in [-0.05, 0) is 55.9 Å². The van der Waals surface area contributed by atoms with E-state index in [1.54, 1.807) is 46.3 Å². The normalized spacial score (nSPS) is 19.0. The standard InChI is InChI=1S/C40H51F3N8O6.C3H8/c1-25-6-13-32(51(25)34(52)24-45-38(55)56-5)35-44-23-31(47-35)27-9-7-26(8-10-27)30-12-11-28(22-33(30)57-40(41,42)43)46-37(54)50-20-18-48(19-21-50)29-14-16-49(17-15-29)36(53)39(2,3)4;1-3-2/h7-12,22-23,25,29,32H,6,13-21,24H2,1-5H3,(H,44,47)(H,45,55)(H,46,54);3H2,1-2H3. The van der Waals surface area contributed by atoms with Gasteiger partial charge >= 0.3 is 18.5 Å². The molecule has 60 heavy (non-hydrogen) atoms. The number of methoxy groups -OCH3 is 1. The van der Waals surface area contributed by atoms with Gasteiger partial charge in [0.25, 0.3) is 0 Å². The maximum atomic E-state index is 13.6. The first-order chi connectivity index (χ1) is 28.4. The number of carbonyl (C=O) groups is 4. The number of aromatic amines is 1. The minimum absolute atomic E-state index is 0.0640. The molecule has 3 aliphatic heterocycles. The maximum Gasteiger partial charge on any atom is 0.573 e. The van der Waals surface area contributed by atoms with E-state index in [1.807, 2.05) is 32.6 Å². The Kier molecular flexibility index (Phi) is 15.1. The number of aromatic nitrogens is 2. The van der Waals surface area contributed by atoms with Crippen LogP contribution < -0.4 is 15.4 Å². The van der Waals surface area contributed by atoms with E-state index in [-0.39, 0.29) is 41.7 Å².